The Balaban J connectivity index is 1.45. The van der Waals surface area contributed by atoms with E-state index in [1.54, 1.807) is 12.4 Å². The number of nitrogens with one attached hydrogen (secondary N) is 2. The number of hydrogen-bond donors (Lipinski definition) is 2. The first-order chi connectivity index (χ1) is 13.6. The molecule has 8 heteroatoms. The highest BCUT2D eigenvalue weighted by molar-refractivity contribution is 7.91. The third-order valence-corrected chi connectivity index (χ3v) is 6.37. The van der Waals surface area contributed by atoms with Gasteiger partial charge in [-0.3, -0.25) is 4.98 Å². The molecule has 0 saturated heterocycles. The molecule has 2 amide bonds. The van der Waals surface area contributed by atoms with Crippen molar-refractivity contribution >= 4 is 15.9 Å². The van der Waals surface area contributed by atoms with Crippen LogP contribution in [0, 0.1) is 5.92 Å². The molecule has 7 nitrogen and oxygen atoms in total. The molecule has 0 bridgehead atoms. The van der Waals surface area contributed by atoms with Gasteiger partial charge in [0, 0.05) is 25.5 Å². The van der Waals surface area contributed by atoms with E-state index in [9.17, 15) is 13.2 Å². The Kier molecular flexibility index (Phi) is 10.3. The van der Waals surface area contributed by atoms with Crippen LogP contribution in [-0.4, -0.2) is 44.3 Å². The number of carbonyl (C=O) groups excluding carboxylic acids is 1. The number of sulfone groups is 1. The van der Waals surface area contributed by atoms with Crippen LogP contribution in [0.1, 0.15) is 56.9 Å². The summed E-state index contributed by atoms with van der Waals surface area (Å²) in [5.74, 6) is 0.503. The number of nitrogens with zero attached hydrogens (tertiary/aromatic N) is 1. The summed E-state index contributed by atoms with van der Waals surface area (Å²) in [4.78, 5) is 15.7. The SMILES string of the molecule is O=C(NCCCCCS(=O)(=O)COCC1CCCCC1)NCc1cccnc1. The molecule has 1 heterocycles. The highest BCUT2D eigenvalue weighted by Gasteiger charge is 2.16. The number of aromatic nitrogens is 1. The minimum absolute atomic E-state index is 0.144. The highest BCUT2D eigenvalue weighted by atomic mass is 32.2. The largest absolute Gasteiger partial charge is 0.365 e. The maximum absolute atomic E-state index is 12.0. The van der Waals surface area contributed by atoms with Crippen molar-refractivity contribution in [2.75, 3.05) is 24.8 Å². The summed E-state index contributed by atoms with van der Waals surface area (Å²) >= 11 is 0. The van der Waals surface area contributed by atoms with Crippen molar-refractivity contribution in [1.29, 1.82) is 0 Å². The molecule has 1 saturated carbocycles. The quantitative estimate of drug-likeness (QED) is 0.515. The summed E-state index contributed by atoms with van der Waals surface area (Å²) in [6.07, 6.45) is 11.6. The van der Waals surface area contributed by atoms with E-state index < -0.39 is 9.84 Å². The topological polar surface area (TPSA) is 97.4 Å². The Morgan fingerprint density at radius 1 is 1.14 bits per heavy atom. The van der Waals surface area contributed by atoms with Gasteiger partial charge in [-0.2, -0.15) is 0 Å². The van der Waals surface area contributed by atoms with Gasteiger partial charge < -0.3 is 15.4 Å². The first-order valence-electron chi connectivity index (χ1n) is 10.2. The van der Waals surface area contributed by atoms with Crippen LogP contribution < -0.4 is 10.6 Å². The Labute approximate surface area is 168 Å². The third-order valence-electron chi connectivity index (χ3n) is 4.93. The van der Waals surface area contributed by atoms with E-state index >= 15 is 0 Å². The van der Waals surface area contributed by atoms with Crippen LogP contribution in [0.25, 0.3) is 0 Å². The predicted octanol–water partition coefficient (Wildman–Crippen LogP) is 3.02. The lowest BCUT2D eigenvalue weighted by Gasteiger charge is -2.21. The normalized spacial score (nSPS) is 15.3. The van der Waals surface area contributed by atoms with Crippen molar-refractivity contribution in [3.05, 3.63) is 30.1 Å². The molecule has 1 aliphatic rings. The van der Waals surface area contributed by atoms with E-state index in [1.807, 2.05) is 12.1 Å². The number of urea groups is 1. The van der Waals surface area contributed by atoms with E-state index in [0.717, 1.165) is 31.2 Å². The second kappa shape index (κ2) is 12.7. The number of hydrogen-bond acceptors (Lipinski definition) is 5. The molecule has 0 atom stereocenters. The minimum Gasteiger partial charge on any atom is -0.365 e. The summed E-state index contributed by atoms with van der Waals surface area (Å²) < 4.78 is 29.5. The minimum atomic E-state index is -3.15. The second-order valence-electron chi connectivity index (χ2n) is 7.47. The number of carbonyl (C=O) groups is 1. The van der Waals surface area contributed by atoms with Gasteiger partial charge in [-0.1, -0.05) is 31.7 Å². The van der Waals surface area contributed by atoms with Crippen LogP contribution in [0.2, 0.25) is 0 Å². The molecule has 2 N–H and O–H groups in total. The molecule has 0 radical (unpaired) electrons. The Morgan fingerprint density at radius 3 is 2.71 bits per heavy atom. The van der Waals surface area contributed by atoms with E-state index in [-0.39, 0.29) is 17.7 Å². The summed E-state index contributed by atoms with van der Waals surface area (Å²) in [6, 6.07) is 3.49. The summed E-state index contributed by atoms with van der Waals surface area (Å²) in [5, 5.41) is 5.54. The maximum atomic E-state index is 12.0. The fourth-order valence-corrected chi connectivity index (χ4v) is 4.44. The van der Waals surface area contributed by atoms with Crippen molar-refractivity contribution in [2.45, 2.75) is 57.9 Å². The van der Waals surface area contributed by atoms with Crippen LogP contribution in [0.4, 0.5) is 4.79 Å². The van der Waals surface area contributed by atoms with E-state index in [4.69, 9.17) is 4.74 Å². The average Bonchev–Trinajstić information content (AvgIpc) is 2.70. The van der Waals surface area contributed by atoms with Crippen LogP contribution in [-0.2, 0) is 21.1 Å². The van der Waals surface area contributed by atoms with Gasteiger partial charge in [-0.05, 0) is 43.2 Å². The number of rotatable bonds is 12. The van der Waals surface area contributed by atoms with Gasteiger partial charge in [0.15, 0.2) is 9.84 Å². The lowest BCUT2D eigenvalue weighted by Crippen LogP contribution is -2.35. The Morgan fingerprint density at radius 2 is 1.96 bits per heavy atom. The number of amides is 2. The average molecular weight is 412 g/mol. The molecular weight excluding hydrogens is 378 g/mol. The molecule has 1 aromatic rings. The van der Waals surface area contributed by atoms with Gasteiger partial charge in [0.2, 0.25) is 0 Å². The molecule has 1 fully saturated rings. The molecule has 1 aromatic heterocycles. The van der Waals surface area contributed by atoms with Crippen LogP contribution in [0.15, 0.2) is 24.5 Å². The van der Waals surface area contributed by atoms with Crippen LogP contribution in [0.5, 0.6) is 0 Å². The first kappa shape index (κ1) is 22.6. The van der Waals surface area contributed by atoms with Crippen molar-refractivity contribution in [2.24, 2.45) is 5.92 Å². The number of ether oxygens (including phenoxy) is 1. The molecule has 1 aliphatic carbocycles. The molecule has 0 aliphatic heterocycles. The van der Waals surface area contributed by atoms with E-state index in [2.05, 4.69) is 15.6 Å². The molecule has 158 valence electrons. The van der Waals surface area contributed by atoms with Gasteiger partial charge in [0.1, 0.15) is 5.94 Å². The standard InChI is InChI=1S/C20H33N3O4S/c24-20(23-15-19-10-7-11-21-14-19)22-12-5-2-6-13-28(25,26)17-27-16-18-8-3-1-4-9-18/h7,10-11,14,18H,1-6,8-9,12-13,15-17H2,(H2,22,23,24). The fraction of sp³-hybridized carbons (Fsp3) is 0.700. The van der Waals surface area contributed by atoms with Gasteiger partial charge in [0.25, 0.3) is 0 Å². The van der Waals surface area contributed by atoms with Crippen molar-refractivity contribution < 1.29 is 17.9 Å². The maximum Gasteiger partial charge on any atom is 0.315 e. The molecule has 0 aromatic carbocycles. The lowest BCUT2D eigenvalue weighted by molar-refractivity contribution is 0.116. The van der Waals surface area contributed by atoms with E-state index in [1.165, 1.54) is 19.3 Å². The zero-order chi connectivity index (χ0) is 20.1. The smallest absolute Gasteiger partial charge is 0.315 e. The van der Waals surface area contributed by atoms with Crippen molar-refractivity contribution in [1.82, 2.24) is 15.6 Å². The summed E-state index contributed by atoms with van der Waals surface area (Å²) in [5.41, 5.74) is 0.938. The molecule has 0 unspecified atom stereocenters. The Hall–Kier alpha value is -1.67. The summed E-state index contributed by atoms with van der Waals surface area (Å²) in [6.45, 7) is 1.52. The fourth-order valence-electron chi connectivity index (χ4n) is 3.33. The van der Waals surface area contributed by atoms with Crippen molar-refractivity contribution in [3.63, 3.8) is 0 Å². The second-order valence-corrected chi connectivity index (χ2v) is 9.60. The predicted molar refractivity (Wildman–Crippen MR) is 110 cm³/mol. The molecule has 0 spiro atoms. The molecule has 2 rings (SSSR count). The number of unbranched alkanes of at least 4 members (excludes halogenated alkanes) is 2. The number of pyridine rings is 1. The van der Waals surface area contributed by atoms with E-state index in [0.29, 0.717) is 32.0 Å². The zero-order valence-electron chi connectivity index (χ0n) is 16.6. The van der Waals surface area contributed by atoms with Crippen LogP contribution >= 0.6 is 0 Å². The zero-order valence-corrected chi connectivity index (χ0v) is 17.4. The summed E-state index contributed by atoms with van der Waals surface area (Å²) in [7, 11) is -3.15. The molecular formula is C20H33N3O4S. The monoisotopic (exact) mass is 411 g/mol. The van der Waals surface area contributed by atoms with Crippen molar-refractivity contribution in [3.8, 4) is 0 Å². The molecule has 28 heavy (non-hydrogen) atoms. The van der Waals surface area contributed by atoms with Gasteiger partial charge in [-0.25, -0.2) is 13.2 Å². The Bertz CT molecular complexity index is 661. The lowest BCUT2D eigenvalue weighted by atomic mass is 9.90. The van der Waals surface area contributed by atoms with Crippen LogP contribution in [0.3, 0.4) is 0 Å². The van der Waals surface area contributed by atoms with Gasteiger partial charge in [0.05, 0.1) is 12.4 Å². The first-order valence-corrected chi connectivity index (χ1v) is 12.1. The third kappa shape index (κ3) is 10.0. The highest BCUT2D eigenvalue weighted by Crippen LogP contribution is 2.23. The van der Waals surface area contributed by atoms with Gasteiger partial charge >= 0.3 is 6.03 Å². The van der Waals surface area contributed by atoms with Gasteiger partial charge in [-0.15, -0.1) is 0 Å².